The molecule has 5 rings (SSSR count). The second-order valence-corrected chi connectivity index (χ2v) is 8.50. The Morgan fingerprint density at radius 3 is 1.21 bits per heavy atom. The maximum atomic E-state index is 2.40. The lowest BCUT2D eigenvalue weighted by atomic mass is 9.96. The molecule has 0 saturated heterocycles. The first kappa shape index (κ1) is 21.6. The third-order valence-electron chi connectivity index (χ3n) is 6.26. The SMILES string of the molecule is Cc1ccc(C(=C[N+](c2ccccc2)(c2ccccc2)c2ccccc2)c2ccccc2)cc1. The monoisotopic (exact) mass is 438 g/mol. The number of hydrogen-bond acceptors (Lipinski definition) is 0. The molecule has 5 aromatic rings. The van der Waals surface area contributed by atoms with E-state index in [1.54, 1.807) is 0 Å². The molecule has 5 aromatic carbocycles. The molecule has 0 aliphatic rings. The number of nitrogens with zero attached hydrogens (tertiary/aromatic N) is 1. The quantitative estimate of drug-likeness (QED) is 0.232. The van der Waals surface area contributed by atoms with E-state index < -0.39 is 0 Å². The largest absolute Gasteiger partial charge is 0.200 e. The highest BCUT2D eigenvalue weighted by atomic mass is 15.4. The van der Waals surface area contributed by atoms with E-state index >= 15 is 0 Å². The van der Waals surface area contributed by atoms with Crippen LogP contribution in [0.15, 0.2) is 152 Å². The van der Waals surface area contributed by atoms with Gasteiger partial charge >= 0.3 is 0 Å². The molecule has 0 atom stereocenters. The molecule has 0 unspecified atom stereocenters. The second kappa shape index (κ2) is 9.74. The van der Waals surface area contributed by atoms with Gasteiger partial charge in [0.2, 0.25) is 0 Å². The number of quaternary nitrogens is 1. The van der Waals surface area contributed by atoms with Gasteiger partial charge in [-0.1, -0.05) is 115 Å². The van der Waals surface area contributed by atoms with Crippen LogP contribution in [0.5, 0.6) is 0 Å². The smallest absolute Gasteiger partial charge is 0.147 e. The lowest BCUT2D eigenvalue weighted by Crippen LogP contribution is -2.33. The normalized spacial score (nSPS) is 11.9. The van der Waals surface area contributed by atoms with Gasteiger partial charge in [0.25, 0.3) is 0 Å². The molecule has 0 N–H and O–H groups in total. The van der Waals surface area contributed by atoms with Crippen molar-refractivity contribution in [1.82, 2.24) is 4.48 Å². The van der Waals surface area contributed by atoms with Gasteiger partial charge in [-0.3, -0.25) is 0 Å². The zero-order chi connectivity index (χ0) is 23.2. The summed E-state index contributed by atoms with van der Waals surface area (Å²) in [6.45, 7) is 2.13. The van der Waals surface area contributed by atoms with Gasteiger partial charge in [-0.25, -0.2) is 0 Å². The van der Waals surface area contributed by atoms with E-state index in [-0.39, 0.29) is 0 Å². The molecule has 1 nitrogen and oxygen atoms in total. The average Bonchev–Trinajstić information content (AvgIpc) is 2.92. The molecule has 0 saturated carbocycles. The van der Waals surface area contributed by atoms with Gasteiger partial charge in [-0.2, -0.15) is 4.48 Å². The predicted octanol–water partition coefficient (Wildman–Crippen LogP) is 9.06. The Kier molecular flexibility index (Phi) is 6.20. The van der Waals surface area contributed by atoms with Gasteiger partial charge in [-0.05, 0) is 18.1 Å². The van der Waals surface area contributed by atoms with Crippen molar-refractivity contribution in [2.24, 2.45) is 0 Å². The molecular formula is C33H28N+. The Labute approximate surface area is 202 Å². The summed E-state index contributed by atoms with van der Waals surface area (Å²) in [5.41, 5.74) is 8.38. The van der Waals surface area contributed by atoms with Crippen molar-refractivity contribution in [2.75, 3.05) is 0 Å². The fourth-order valence-electron chi connectivity index (χ4n) is 4.52. The van der Waals surface area contributed by atoms with Crippen LogP contribution >= 0.6 is 0 Å². The highest BCUT2D eigenvalue weighted by Gasteiger charge is 2.35. The summed E-state index contributed by atoms with van der Waals surface area (Å²) >= 11 is 0. The van der Waals surface area contributed by atoms with E-state index in [1.165, 1.54) is 39.3 Å². The second-order valence-electron chi connectivity index (χ2n) is 8.50. The van der Waals surface area contributed by atoms with Crippen molar-refractivity contribution in [3.05, 3.63) is 168 Å². The van der Waals surface area contributed by atoms with E-state index in [0.29, 0.717) is 4.48 Å². The minimum atomic E-state index is 0.473. The molecule has 0 aliphatic carbocycles. The molecule has 1 heteroatoms. The molecule has 0 aromatic heterocycles. The van der Waals surface area contributed by atoms with Crippen molar-refractivity contribution >= 4 is 22.6 Å². The Balaban J connectivity index is 1.89. The minimum absolute atomic E-state index is 0.473. The summed E-state index contributed by atoms with van der Waals surface area (Å²) in [6, 6.07) is 51.8. The first-order valence-corrected chi connectivity index (χ1v) is 11.7. The number of hydrogen-bond donors (Lipinski definition) is 0. The molecule has 0 spiro atoms. The van der Waals surface area contributed by atoms with Crippen LogP contribution in [0.25, 0.3) is 5.57 Å². The first-order chi connectivity index (χ1) is 16.8. The van der Waals surface area contributed by atoms with E-state index in [2.05, 4.69) is 159 Å². The molecule has 0 aliphatic heterocycles. The third kappa shape index (κ3) is 4.22. The average molecular weight is 439 g/mol. The molecule has 34 heavy (non-hydrogen) atoms. The third-order valence-corrected chi connectivity index (χ3v) is 6.26. The zero-order valence-electron chi connectivity index (χ0n) is 19.4. The van der Waals surface area contributed by atoms with E-state index in [1.807, 2.05) is 0 Å². The van der Waals surface area contributed by atoms with Crippen LogP contribution in [0.1, 0.15) is 16.7 Å². The predicted molar refractivity (Wildman–Crippen MR) is 145 cm³/mol. The van der Waals surface area contributed by atoms with Crippen molar-refractivity contribution in [2.45, 2.75) is 6.92 Å². The lowest BCUT2D eigenvalue weighted by molar-refractivity contribution is 0.690. The Hall–Kier alpha value is -4.20. The Morgan fingerprint density at radius 2 is 0.794 bits per heavy atom. The maximum Gasteiger partial charge on any atom is 0.147 e. The first-order valence-electron chi connectivity index (χ1n) is 11.7. The van der Waals surface area contributed by atoms with Crippen molar-refractivity contribution in [3.63, 3.8) is 0 Å². The summed E-state index contributed by atoms with van der Waals surface area (Å²) < 4.78 is 0.473. The van der Waals surface area contributed by atoms with Crippen LogP contribution in [-0.2, 0) is 0 Å². The summed E-state index contributed by atoms with van der Waals surface area (Å²) in [7, 11) is 0. The fourth-order valence-corrected chi connectivity index (χ4v) is 4.52. The van der Waals surface area contributed by atoms with Crippen LogP contribution in [0.4, 0.5) is 17.1 Å². The number of rotatable bonds is 6. The van der Waals surface area contributed by atoms with Crippen LogP contribution in [0.3, 0.4) is 0 Å². The summed E-state index contributed by atoms with van der Waals surface area (Å²) in [5, 5.41) is 0. The van der Waals surface area contributed by atoms with Gasteiger partial charge in [0.1, 0.15) is 23.3 Å². The maximum absolute atomic E-state index is 2.40. The lowest BCUT2D eigenvalue weighted by Gasteiger charge is -2.35. The standard InChI is InChI=1S/C33H28N/c1-27-22-24-29(25-23-27)33(28-14-6-2-7-15-28)26-34(30-16-8-3-9-17-30,31-18-10-4-11-19-31)32-20-12-5-13-21-32/h2-26H,1H3/q+1. The van der Waals surface area contributed by atoms with Gasteiger partial charge in [0.15, 0.2) is 0 Å². The molecular weight excluding hydrogens is 410 g/mol. The molecule has 0 amide bonds. The molecule has 0 bridgehead atoms. The minimum Gasteiger partial charge on any atom is -0.200 e. The topological polar surface area (TPSA) is 0 Å². The highest BCUT2D eigenvalue weighted by molar-refractivity contribution is 5.85. The summed E-state index contributed by atoms with van der Waals surface area (Å²) in [5.74, 6) is 0. The number of para-hydroxylation sites is 3. The van der Waals surface area contributed by atoms with Gasteiger partial charge < -0.3 is 0 Å². The highest BCUT2D eigenvalue weighted by Crippen LogP contribution is 2.46. The Morgan fingerprint density at radius 1 is 0.441 bits per heavy atom. The van der Waals surface area contributed by atoms with Gasteiger partial charge in [0, 0.05) is 42.0 Å². The molecule has 164 valence electrons. The van der Waals surface area contributed by atoms with Gasteiger partial charge in [0.05, 0.1) is 0 Å². The van der Waals surface area contributed by atoms with E-state index in [0.717, 1.165) is 0 Å². The number of aryl methyl sites for hydroxylation is 1. The molecule has 0 radical (unpaired) electrons. The van der Waals surface area contributed by atoms with Gasteiger partial charge in [-0.15, -0.1) is 0 Å². The van der Waals surface area contributed by atoms with Crippen LogP contribution in [0, 0.1) is 6.92 Å². The Bertz CT molecular complexity index is 1260. The van der Waals surface area contributed by atoms with Crippen molar-refractivity contribution in [3.8, 4) is 0 Å². The zero-order valence-corrected chi connectivity index (χ0v) is 19.4. The molecule has 0 heterocycles. The number of benzene rings is 5. The van der Waals surface area contributed by atoms with Crippen molar-refractivity contribution < 1.29 is 0 Å². The summed E-state index contributed by atoms with van der Waals surface area (Å²) in [4.78, 5) is 0. The van der Waals surface area contributed by atoms with Crippen molar-refractivity contribution in [1.29, 1.82) is 0 Å². The van der Waals surface area contributed by atoms with E-state index in [9.17, 15) is 0 Å². The van der Waals surface area contributed by atoms with Crippen LogP contribution in [-0.4, -0.2) is 0 Å². The van der Waals surface area contributed by atoms with Crippen LogP contribution < -0.4 is 4.48 Å². The fraction of sp³-hybridized carbons (Fsp3) is 0.0303. The summed E-state index contributed by atoms with van der Waals surface area (Å²) in [6.07, 6.45) is 2.40. The molecule has 0 fully saturated rings. The van der Waals surface area contributed by atoms with Crippen LogP contribution in [0.2, 0.25) is 0 Å². The van der Waals surface area contributed by atoms with E-state index in [4.69, 9.17) is 0 Å².